The van der Waals surface area contributed by atoms with E-state index in [1.165, 1.54) is 0 Å². The van der Waals surface area contributed by atoms with Crippen molar-refractivity contribution in [2.45, 2.75) is 26.0 Å². The standard InChI is InChI=1S/C17H24N10O.ClH/c1-17(2,28)9-23-14-12-11(24-16(19-4)27-14)13(26-15(18-3)25-12)22-8-10-20-6-5-7-21-10;/h5-7,28H,8-9H2,1-4H3,(H2,18,22,25,26)(H2,19,23,24,27);1H. The lowest BCUT2D eigenvalue weighted by molar-refractivity contribution is 0.0944. The molecule has 5 N–H and O–H groups in total. The van der Waals surface area contributed by atoms with Crippen LogP contribution in [-0.4, -0.2) is 61.3 Å². The van der Waals surface area contributed by atoms with Gasteiger partial charge in [0.1, 0.15) is 16.9 Å². The zero-order chi connectivity index (χ0) is 20.1. The lowest BCUT2D eigenvalue weighted by Crippen LogP contribution is -2.29. The summed E-state index contributed by atoms with van der Waals surface area (Å²) in [6, 6.07) is 1.76. The summed E-state index contributed by atoms with van der Waals surface area (Å²) in [5.74, 6) is 2.46. The van der Waals surface area contributed by atoms with E-state index in [0.29, 0.717) is 53.5 Å². The third kappa shape index (κ3) is 5.72. The molecule has 3 aromatic heterocycles. The highest BCUT2D eigenvalue weighted by atomic mass is 35.5. The topological polar surface area (TPSA) is 146 Å². The second-order valence-corrected chi connectivity index (χ2v) is 6.67. The molecule has 0 radical (unpaired) electrons. The van der Waals surface area contributed by atoms with Crippen molar-refractivity contribution in [2.24, 2.45) is 0 Å². The average Bonchev–Trinajstić information content (AvgIpc) is 2.70. The van der Waals surface area contributed by atoms with Gasteiger partial charge < -0.3 is 26.4 Å². The lowest BCUT2D eigenvalue weighted by atomic mass is 10.1. The number of nitrogens with one attached hydrogen (secondary N) is 4. The molecule has 11 nitrogen and oxygen atoms in total. The van der Waals surface area contributed by atoms with Crippen molar-refractivity contribution in [2.75, 3.05) is 41.9 Å². The Morgan fingerprint density at radius 2 is 1.38 bits per heavy atom. The molecule has 3 aromatic rings. The molecule has 0 fully saturated rings. The van der Waals surface area contributed by atoms with Gasteiger partial charge in [-0.25, -0.2) is 19.9 Å². The third-order valence-corrected chi connectivity index (χ3v) is 3.71. The first kappa shape index (κ1) is 22.2. The van der Waals surface area contributed by atoms with Gasteiger partial charge in [-0.1, -0.05) is 0 Å². The Labute approximate surface area is 174 Å². The predicted octanol–water partition coefficient (Wildman–Crippen LogP) is 1.51. The highest BCUT2D eigenvalue weighted by Gasteiger charge is 2.18. The van der Waals surface area contributed by atoms with Gasteiger partial charge in [0, 0.05) is 33.0 Å². The molecule has 29 heavy (non-hydrogen) atoms. The fraction of sp³-hybridized carbons (Fsp3) is 0.412. The average molecular weight is 421 g/mol. The molecular formula is C17H25ClN10O. The first-order valence-corrected chi connectivity index (χ1v) is 8.81. The highest BCUT2D eigenvalue weighted by molar-refractivity contribution is 5.94. The summed E-state index contributed by atoms with van der Waals surface area (Å²) in [4.78, 5) is 26.3. The van der Waals surface area contributed by atoms with Crippen molar-refractivity contribution in [3.8, 4) is 0 Å². The van der Waals surface area contributed by atoms with Crippen molar-refractivity contribution < 1.29 is 5.11 Å². The van der Waals surface area contributed by atoms with Crippen LogP contribution in [0.1, 0.15) is 19.7 Å². The first-order chi connectivity index (χ1) is 13.4. The van der Waals surface area contributed by atoms with Gasteiger partial charge in [0.2, 0.25) is 11.9 Å². The molecule has 3 heterocycles. The van der Waals surface area contributed by atoms with Gasteiger partial charge in [-0.2, -0.15) is 9.97 Å². The zero-order valence-corrected chi connectivity index (χ0v) is 17.5. The number of fused-ring (bicyclic) bond motifs is 1. The molecule has 156 valence electrons. The number of aliphatic hydroxyl groups is 1. The highest BCUT2D eigenvalue weighted by Crippen LogP contribution is 2.27. The molecular weight excluding hydrogens is 396 g/mol. The summed E-state index contributed by atoms with van der Waals surface area (Å²) < 4.78 is 0. The van der Waals surface area contributed by atoms with Gasteiger partial charge in [-0.05, 0) is 19.9 Å². The van der Waals surface area contributed by atoms with Crippen LogP contribution in [0.3, 0.4) is 0 Å². The Morgan fingerprint density at radius 3 is 1.86 bits per heavy atom. The number of anilines is 4. The van der Waals surface area contributed by atoms with Crippen molar-refractivity contribution in [3.63, 3.8) is 0 Å². The number of rotatable bonds is 8. The minimum absolute atomic E-state index is 0. The molecule has 0 atom stereocenters. The van der Waals surface area contributed by atoms with Crippen molar-refractivity contribution in [1.29, 1.82) is 0 Å². The molecule has 0 spiro atoms. The second-order valence-electron chi connectivity index (χ2n) is 6.67. The molecule has 0 aromatic carbocycles. The van der Waals surface area contributed by atoms with Gasteiger partial charge >= 0.3 is 0 Å². The number of nitrogens with zero attached hydrogens (tertiary/aromatic N) is 6. The molecule has 3 rings (SSSR count). The maximum Gasteiger partial charge on any atom is 0.225 e. The summed E-state index contributed by atoms with van der Waals surface area (Å²) >= 11 is 0. The van der Waals surface area contributed by atoms with Crippen LogP contribution >= 0.6 is 12.4 Å². The molecule has 12 heteroatoms. The van der Waals surface area contributed by atoms with Crippen LogP contribution in [0.2, 0.25) is 0 Å². The van der Waals surface area contributed by atoms with E-state index in [9.17, 15) is 5.11 Å². The summed E-state index contributed by atoms with van der Waals surface area (Å²) in [5, 5.41) is 22.3. The lowest BCUT2D eigenvalue weighted by Gasteiger charge is -2.19. The largest absolute Gasteiger partial charge is 0.389 e. The number of hydrogen-bond donors (Lipinski definition) is 5. The van der Waals surface area contributed by atoms with E-state index in [4.69, 9.17) is 0 Å². The molecule has 0 saturated heterocycles. The van der Waals surface area contributed by atoms with Crippen LogP contribution in [-0.2, 0) is 6.54 Å². The van der Waals surface area contributed by atoms with Crippen LogP contribution in [0.25, 0.3) is 11.0 Å². The van der Waals surface area contributed by atoms with Gasteiger partial charge in [-0.3, -0.25) is 0 Å². The second kappa shape index (κ2) is 9.43. The molecule has 0 aliphatic heterocycles. The predicted molar refractivity (Wildman–Crippen MR) is 116 cm³/mol. The van der Waals surface area contributed by atoms with Crippen LogP contribution < -0.4 is 21.3 Å². The Morgan fingerprint density at radius 1 is 0.862 bits per heavy atom. The Balaban J connectivity index is 0.00000300. The summed E-state index contributed by atoms with van der Waals surface area (Å²) in [6.07, 6.45) is 3.36. The zero-order valence-electron chi connectivity index (χ0n) is 16.7. The Hall–Kier alpha value is -3.05. The number of halogens is 1. The van der Waals surface area contributed by atoms with Gasteiger partial charge in [0.15, 0.2) is 11.6 Å². The van der Waals surface area contributed by atoms with Crippen molar-refractivity contribution in [1.82, 2.24) is 29.9 Å². The van der Waals surface area contributed by atoms with Crippen LogP contribution in [0.5, 0.6) is 0 Å². The minimum Gasteiger partial charge on any atom is -0.389 e. The van der Waals surface area contributed by atoms with Crippen LogP contribution in [0, 0.1) is 0 Å². The fourth-order valence-electron chi connectivity index (χ4n) is 2.37. The van der Waals surface area contributed by atoms with Crippen molar-refractivity contribution in [3.05, 3.63) is 24.3 Å². The number of aromatic nitrogens is 6. The molecule has 0 saturated carbocycles. The van der Waals surface area contributed by atoms with Gasteiger partial charge in [0.05, 0.1) is 12.1 Å². The van der Waals surface area contributed by atoms with Crippen LogP contribution in [0.4, 0.5) is 23.5 Å². The van der Waals surface area contributed by atoms with E-state index in [-0.39, 0.29) is 12.4 Å². The maximum absolute atomic E-state index is 10.1. The first-order valence-electron chi connectivity index (χ1n) is 8.81. The third-order valence-electron chi connectivity index (χ3n) is 3.71. The smallest absolute Gasteiger partial charge is 0.225 e. The van der Waals surface area contributed by atoms with E-state index < -0.39 is 5.60 Å². The van der Waals surface area contributed by atoms with E-state index >= 15 is 0 Å². The quantitative estimate of drug-likeness (QED) is 0.361. The molecule has 0 aliphatic carbocycles. The normalized spacial score (nSPS) is 10.9. The van der Waals surface area contributed by atoms with E-state index in [0.717, 1.165) is 0 Å². The minimum atomic E-state index is -0.915. The molecule has 0 amide bonds. The van der Waals surface area contributed by atoms with E-state index in [2.05, 4.69) is 51.2 Å². The van der Waals surface area contributed by atoms with E-state index in [1.807, 2.05) is 0 Å². The van der Waals surface area contributed by atoms with Crippen LogP contribution in [0.15, 0.2) is 18.5 Å². The Bertz CT molecular complexity index is 948. The molecule has 0 unspecified atom stereocenters. The summed E-state index contributed by atoms with van der Waals surface area (Å²) in [7, 11) is 3.46. The summed E-state index contributed by atoms with van der Waals surface area (Å²) in [6.45, 7) is 4.09. The number of hydrogen-bond acceptors (Lipinski definition) is 11. The van der Waals surface area contributed by atoms with Gasteiger partial charge in [0.25, 0.3) is 0 Å². The van der Waals surface area contributed by atoms with Gasteiger partial charge in [-0.15, -0.1) is 12.4 Å². The Kier molecular flexibility index (Phi) is 7.23. The maximum atomic E-state index is 10.1. The van der Waals surface area contributed by atoms with Crippen molar-refractivity contribution >= 4 is 47.0 Å². The monoisotopic (exact) mass is 420 g/mol. The van der Waals surface area contributed by atoms with E-state index in [1.54, 1.807) is 46.4 Å². The fourth-order valence-corrected chi connectivity index (χ4v) is 2.37. The molecule has 0 bridgehead atoms. The molecule has 0 aliphatic rings. The SMILES string of the molecule is CNc1nc(NCC(C)(C)O)c2nc(NC)nc(NCc3ncccn3)c2n1.Cl. The summed E-state index contributed by atoms with van der Waals surface area (Å²) in [5.41, 5.74) is 0.147.